The summed E-state index contributed by atoms with van der Waals surface area (Å²) in [5, 5.41) is 12.2. The number of carbonyl (C=O) groups excluding carboxylic acids is 1. The van der Waals surface area contributed by atoms with E-state index in [-0.39, 0.29) is 29.7 Å². The average Bonchev–Trinajstić information content (AvgIpc) is 3.40. The first-order valence-electron chi connectivity index (χ1n) is 10.2. The number of nitrogens with zero attached hydrogens (tertiary/aromatic N) is 3. The van der Waals surface area contributed by atoms with Gasteiger partial charge in [-0.2, -0.15) is 18.2 Å². The van der Waals surface area contributed by atoms with Crippen LogP contribution >= 0.6 is 0 Å². The molecule has 164 valence electrons. The van der Waals surface area contributed by atoms with Gasteiger partial charge in [-0.05, 0) is 38.1 Å². The fourth-order valence-corrected chi connectivity index (χ4v) is 4.36. The normalized spacial score (nSPS) is 24.7. The van der Waals surface area contributed by atoms with Gasteiger partial charge in [0, 0.05) is 29.8 Å². The molecule has 2 aromatic rings. The van der Waals surface area contributed by atoms with Crippen LogP contribution in [0.15, 0.2) is 40.6 Å². The molecule has 2 atom stereocenters. The van der Waals surface area contributed by atoms with Gasteiger partial charge in [-0.15, -0.1) is 0 Å². The molecule has 11 heteroatoms. The van der Waals surface area contributed by atoms with Crippen molar-refractivity contribution >= 4 is 5.91 Å². The molecule has 0 bridgehead atoms. The molecule has 1 amide bonds. The Kier molecular flexibility index (Phi) is 4.94. The summed E-state index contributed by atoms with van der Waals surface area (Å²) in [5.74, 6) is 0.364. The van der Waals surface area contributed by atoms with Gasteiger partial charge in [-0.1, -0.05) is 17.3 Å². The quantitative estimate of drug-likeness (QED) is 0.680. The third-order valence-electron chi connectivity index (χ3n) is 5.97. The van der Waals surface area contributed by atoms with E-state index in [1.807, 2.05) is 5.01 Å². The van der Waals surface area contributed by atoms with Gasteiger partial charge >= 0.3 is 6.18 Å². The maximum absolute atomic E-state index is 12.8. The van der Waals surface area contributed by atoms with Crippen LogP contribution in [-0.4, -0.2) is 46.9 Å². The second-order valence-corrected chi connectivity index (χ2v) is 7.92. The topological polar surface area (TPSA) is 95.3 Å². The molecule has 3 aliphatic heterocycles. The van der Waals surface area contributed by atoms with Gasteiger partial charge < -0.3 is 15.2 Å². The van der Waals surface area contributed by atoms with Crippen LogP contribution in [0.2, 0.25) is 0 Å². The molecule has 0 spiro atoms. The van der Waals surface area contributed by atoms with Crippen molar-refractivity contribution < 1.29 is 22.5 Å². The number of amides is 1. The summed E-state index contributed by atoms with van der Waals surface area (Å²) in [4.78, 5) is 16.8. The molecule has 3 aliphatic rings. The van der Waals surface area contributed by atoms with Crippen LogP contribution in [0.1, 0.15) is 30.2 Å². The smallest absolute Gasteiger partial charge is 0.338 e. The molecule has 4 heterocycles. The number of hydrogen-bond donors (Lipinski definition) is 3. The minimum Gasteiger partial charge on any atom is -0.338 e. The van der Waals surface area contributed by atoms with E-state index in [1.54, 1.807) is 6.08 Å². The molecule has 2 unspecified atom stereocenters. The highest BCUT2D eigenvalue weighted by atomic mass is 19.4. The largest absolute Gasteiger partial charge is 0.416 e. The SMILES string of the molecule is O=C1C=C(C2CCNCC2)N2NCC(c3nc(-c4ccc(C(F)(F)F)cc4)no3)C2N1. The van der Waals surface area contributed by atoms with Crippen LogP contribution in [0.25, 0.3) is 11.4 Å². The lowest BCUT2D eigenvalue weighted by Crippen LogP contribution is -2.53. The van der Waals surface area contributed by atoms with Gasteiger partial charge in [0.05, 0.1) is 11.5 Å². The Morgan fingerprint density at radius 1 is 1.13 bits per heavy atom. The zero-order chi connectivity index (χ0) is 21.6. The Balaban J connectivity index is 1.36. The van der Waals surface area contributed by atoms with E-state index in [9.17, 15) is 18.0 Å². The number of alkyl halides is 3. The zero-order valence-corrected chi connectivity index (χ0v) is 16.4. The van der Waals surface area contributed by atoms with Crippen LogP contribution in [0.5, 0.6) is 0 Å². The molecule has 5 rings (SSSR count). The minimum absolute atomic E-state index is 0.161. The summed E-state index contributed by atoms with van der Waals surface area (Å²) in [6.45, 7) is 2.30. The van der Waals surface area contributed by atoms with Crippen molar-refractivity contribution in [1.29, 1.82) is 0 Å². The molecule has 0 saturated carbocycles. The molecule has 2 saturated heterocycles. The third-order valence-corrected chi connectivity index (χ3v) is 5.97. The Hall–Kier alpha value is -2.92. The molecular weight excluding hydrogens is 413 g/mol. The lowest BCUT2D eigenvalue weighted by Gasteiger charge is -2.38. The van der Waals surface area contributed by atoms with Gasteiger partial charge in [0.2, 0.25) is 17.6 Å². The number of nitrogens with one attached hydrogen (secondary N) is 3. The zero-order valence-electron chi connectivity index (χ0n) is 16.4. The number of carbonyl (C=O) groups is 1. The molecular formula is C20H21F3N6O2. The second-order valence-electron chi connectivity index (χ2n) is 7.92. The number of allylic oxidation sites excluding steroid dienone is 1. The Labute approximate surface area is 175 Å². The highest BCUT2D eigenvalue weighted by Gasteiger charge is 2.44. The Morgan fingerprint density at radius 3 is 2.58 bits per heavy atom. The Morgan fingerprint density at radius 2 is 1.87 bits per heavy atom. The summed E-state index contributed by atoms with van der Waals surface area (Å²) in [6, 6.07) is 4.61. The van der Waals surface area contributed by atoms with Gasteiger partial charge in [-0.3, -0.25) is 9.80 Å². The lowest BCUT2D eigenvalue weighted by molar-refractivity contribution is -0.137. The van der Waals surface area contributed by atoms with Crippen LogP contribution in [-0.2, 0) is 11.0 Å². The first kappa shape index (κ1) is 20.0. The van der Waals surface area contributed by atoms with E-state index < -0.39 is 11.7 Å². The van der Waals surface area contributed by atoms with Crippen molar-refractivity contribution in [2.45, 2.75) is 31.1 Å². The Bertz CT molecular complexity index is 997. The van der Waals surface area contributed by atoms with E-state index in [2.05, 4.69) is 26.2 Å². The van der Waals surface area contributed by atoms with Crippen LogP contribution < -0.4 is 16.1 Å². The minimum atomic E-state index is -4.40. The summed E-state index contributed by atoms with van der Waals surface area (Å²) < 4.78 is 43.8. The van der Waals surface area contributed by atoms with Gasteiger partial charge in [0.1, 0.15) is 6.17 Å². The summed E-state index contributed by atoms with van der Waals surface area (Å²) in [5.41, 5.74) is 3.97. The summed E-state index contributed by atoms with van der Waals surface area (Å²) >= 11 is 0. The predicted molar refractivity (Wildman–Crippen MR) is 103 cm³/mol. The summed E-state index contributed by atoms with van der Waals surface area (Å²) in [6.07, 6.45) is -1.23. The molecule has 2 fully saturated rings. The number of hydrogen-bond acceptors (Lipinski definition) is 7. The number of fused-ring (bicyclic) bond motifs is 1. The van der Waals surface area contributed by atoms with Crippen LogP contribution in [0.3, 0.4) is 0 Å². The fourth-order valence-electron chi connectivity index (χ4n) is 4.36. The predicted octanol–water partition coefficient (Wildman–Crippen LogP) is 2.00. The third kappa shape index (κ3) is 3.79. The second kappa shape index (κ2) is 7.65. The van der Waals surface area contributed by atoms with Crippen LogP contribution in [0, 0.1) is 5.92 Å². The summed E-state index contributed by atoms with van der Waals surface area (Å²) in [7, 11) is 0. The van der Waals surface area contributed by atoms with E-state index in [1.165, 1.54) is 12.1 Å². The number of rotatable bonds is 3. The number of aromatic nitrogens is 2. The van der Waals surface area contributed by atoms with Gasteiger partial charge in [0.15, 0.2) is 0 Å². The number of halogens is 3. The number of benzene rings is 1. The van der Waals surface area contributed by atoms with Crippen molar-refractivity contribution in [1.82, 2.24) is 31.2 Å². The van der Waals surface area contributed by atoms with E-state index >= 15 is 0 Å². The van der Waals surface area contributed by atoms with E-state index in [4.69, 9.17) is 4.52 Å². The molecule has 3 N–H and O–H groups in total. The highest BCUT2D eigenvalue weighted by molar-refractivity contribution is 5.89. The van der Waals surface area contributed by atoms with Crippen molar-refractivity contribution in [3.63, 3.8) is 0 Å². The molecule has 1 aromatic carbocycles. The maximum atomic E-state index is 12.8. The lowest BCUT2D eigenvalue weighted by atomic mass is 9.92. The van der Waals surface area contributed by atoms with E-state index in [0.29, 0.717) is 18.0 Å². The van der Waals surface area contributed by atoms with Crippen molar-refractivity contribution in [2.24, 2.45) is 5.92 Å². The van der Waals surface area contributed by atoms with Crippen molar-refractivity contribution in [3.05, 3.63) is 47.5 Å². The molecule has 1 aromatic heterocycles. The van der Waals surface area contributed by atoms with Crippen molar-refractivity contribution in [2.75, 3.05) is 19.6 Å². The average molecular weight is 434 g/mol. The maximum Gasteiger partial charge on any atom is 0.416 e. The first-order chi connectivity index (χ1) is 14.9. The van der Waals surface area contributed by atoms with Crippen molar-refractivity contribution in [3.8, 4) is 11.4 Å². The monoisotopic (exact) mass is 434 g/mol. The number of hydrazine groups is 1. The highest BCUT2D eigenvalue weighted by Crippen LogP contribution is 2.35. The van der Waals surface area contributed by atoms with Gasteiger partial charge in [-0.25, -0.2) is 5.43 Å². The molecule has 31 heavy (non-hydrogen) atoms. The van der Waals surface area contributed by atoms with Crippen LogP contribution in [0.4, 0.5) is 13.2 Å². The molecule has 0 aliphatic carbocycles. The first-order valence-corrected chi connectivity index (χ1v) is 10.2. The standard InChI is InChI=1S/C20H21F3N6O2/c21-20(22,23)13-3-1-12(2-4-13)17-27-19(31-28-17)14-10-25-29-15(9-16(30)26-18(14)29)11-5-7-24-8-6-11/h1-4,9,11,14,18,24-25H,5-8,10H2,(H,26,30). The fraction of sp³-hybridized carbons (Fsp3) is 0.450. The number of piperidine rings is 1. The van der Waals surface area contributed by atoms with Gasteiger partial charge in [0.25, 0.3) is 0 Å². The molecule has 0 radical (unpaired) electrons. The van der Waals surface area contributed by atoms with E-state index in [0.717, 1.165) is 43.8 Å². The molecule has 8 nitrogen and oxygen atoms in total.